The molecule has 4 rings (SSSR count). The third kappa shape index (κ3) is 4.88. The highest BCUT2D eigenvalue weighted by Gasteiger charge is 2.21. The fraction of sp³-hybridized carbons (Fsp3) is 0.240. The Balaban J connectivity index is 1.34. The molecule has 1 aromatic heterocycles. The van der Waals surface area contributed by atoms with Crippen LogP contribution in [0.1, 0.15) is 5.56 Å². The maximum Gasteiger partial charge on any atom is 0.246 e. The Morgan fingerprint density at radius 3 is 2.34 bits per heavy atom. The maximum atomic E-state index is 12.7. The third-order valence-corrected chi connectivity index (χ3v) is 5.48. The van der Waals surface area contributed by atoms with Gasteiger partial charge in [-0.3, -0.25) is 4.79 Å². The van der Waals surface area contributed by atoms with E-state index in [1.165, 1.54) is 0 Å². The number of benzene rings is 2. The van der Waals surface area contributed by atoms with Crippen LogP contribution in [-0.2, 0) is 4.79 Å². The lowest BCUT2D eigenvalue weighted by molar-refractivity contribution is -0.126. The Morgan fingerprint density at radius 1 is 0.906 bits per heavy atom. The molecule has 0 spiro atoms. The normalized spacial score (nSPS) is 13.9. The van der Waals surface area contributed by atoms with Crippen LogP contribution >= 0.6 is 0 Å². The van der Waals surface area contributed by atoms with Gasteiger partial charge in [-0.25, -0.2) is 0 Å². The van der Waals surface area contributed by atoms with E-state index in [1.807, 2.05) is 59.5 Å². The number of amides is 1. The van der Waals surface area contributed by atoms with Crippen molar-refractivity contribution in [2.75, 3.05) is 45.3 Å². The Morgan fingerprint density at radius 2 is 1.69 bits per heavy atom. The average Bonchev–Trinajstić information content (AvgIpc) is 2.88. The molecular weight excluding hydrogens is 404 g/mol. The summed E-state index contributed by atoms with van der Waals surface area (Å²) >= 11 is 0. The lowest BCUT2D eigenvalue weighted by Crippen LogP contribution is -2.48. The highest BCUT2D eigenvalue weighted by molar-refractivity contribution is 5.92. The Kier molecular flexibility index (Phi) is 6.65. The minimum atomic E-state index is -0.0203. The van der Waals surface area contributed by atoms with Gasteiger partial charge < -0.3 is 19.3 Å². The number of ether oxygens (including phenoxy) is 2. The summed E-state index contributed by atoms with van der Waals surface area (Å²) in [4.78, 5) is 16.7. The van der Waals surface area contributed by atoms with Crippen molar-refractivity contribution < 1.29 is 14.3 Å². The largest absolute Gasteiger partial charge is 0.497 e. The van der Waals surface area contributed by atoms with Gasteiger partial charge in [0.15, 0.2) is 5.82 Å². The number of hydrogen-bond acceptors (Lipinski definition) is 6. The number of carbonyl (C=O) groups is 1. The summed E-state index contributed by atoms with van der Waals surface area (Å²) < 4.78 is 10.6. The molecule has 1 amide bonds. The van der Waals surface area contributed by atoms with E-state index < -0.39 is 0 Å². The molecule has 7 nitrogen and oxygen atoms in total. The lowest BCUT2D eigenvalue weighted by Gasteiger charge is -2.34. The van der Waals surface area contributed by atoms with Crippen molar-refractivity contribution in [1.29, 1.82) is 0 Å². The Labute approximate surface area is 187 Å². The molecule has 0 radical (unpaired) electrons. The maximum absolute atomic E-state index is 12.7. The highest BCUT2D eigenvalue weighted by atomic mass is 16.5. The summed E-state index contributed by atoms with van der Waals surface area (Å²) in [6.45, 7) is 2.69. The smallest absolute Gasteiger partial charge is 0.246 e. The fourth-order valence-corrected chi connectivity index (χ4v) is 3.64. The molecule has 0 bridgehead atoms. The number of nitrogens with zero attached hydrogens (tertiary/aromatic N) is 4. The molecule has 3 aromatic rings. The standard InChI is InChI=1S/C25H26N4O3/c1-31-21-10-8-20(23(18-21)32-2)9-13-25(30)29-16-14-28(15-17-29)24-12-11-22(26-27-24)19-6-4-3-5-7-19/h3-13,18H,14-17H2,1-2H3/b13-9+. The van der Waals surface area contributed by atoms with Gasteiger partial charge in [0.25, 0.3) is 0 Å². The van der Waals surface area contributed by atoms with E-state index in [-0.39, 0.29) is 5.91 Å². The molecule has 0 unspecified atom stereocenters. The zero-order valence-corrected chi connectivity index (χ0v) is 18.3. The molecule has 0 atom stereocenters. The number of methoxy groups -OCH3 is 2. The van der Waals surface area contributed by atoms with Crippen LogP contribution in [0.5, 0.6) is 11.5 Å². The summed E-state index contributed by atoms with van der Waals surface area (Å²) in [5.74, 6) is 2.18. The van der Waals surface area contributed by atoms with Crippen LogP contribution in [0.25, 0.3) is 17.3 Å². The first kappa shape index (κ1) is 21.4. The van der Waals surface area contributed by atoms with Crippen molar-refractivity contribution >= 4 is 17.8 Å². The summed E-state index contributed by atoms with van der Waals surface area (Å²) in [5, 5.41) is 8.76. The second-order valence-electron chi connectivity index (χ2n) is 7.40. The van der Waals surface area contributed by atoms with Crippen LogP contribution in [0, 0.1) is 0 Å². The van der Waals surface area contributed by atoms with Gasteiger partial charge in [0.05, 0.1) is 19.9 Å². The number of hydrogen-bond donors (Lipinski definition) is 0. The van der Waals surface area contributed by atoms with E-state index in [0.29, 0.717) is 37.7 Å². The van der Waals surface area contributed by atoms with E-state index >= 15 is 0 Å². The lowest BCUT2D eigenvalue weighted by atomic mass is 10.1. The molecule has 32 heavy (non-hydrogen) atoms. The molecule has 1 aliphatic rings. The van der Waals surface area contributed by atoms with Gasteiger partial charge in [-0.1, -0.05) is 30.3 Å². The first-order valence-corrected chi connectivity index (χ1v) is 10.5. The fourth-order valence-electron chi connectivity index (χ4n) is 3.64. The number of carbonyl (C=O) groups excluding carboxylic acids is 1. The van der Waals surface area contributed by atoms with Crippen molar-refractivity contribution in [2.24, 2.45) is 0 Å². The summed E-state index contributed by atoms with van der Waals surface area (Å²) in [5.41, 5.74) is 2.72. The van der Waals surface area contributed by atoms with E-state index in [1.54, 1.807) is 32.4 Å². The quantitative estimate of drug-likeness (QED) is 0.558. The summed E-state index contributed by atoms with van der Waals surface area (Å²) in [6, 6.07) is 19.5. The van der Waals surface area contributed by atoms with Crippen molar-refractivity contribution in [1.82, 2.24) is 15.1 Å². The van der Waals surface area contributed by atoms with Crippen molar-refractivity contribution in [3.63, 3.8) is 0 Å². The van der Waals surface area contributed by atoms with E-state index in [0.717, 1.165) is 22.6 Å². The van der Waals surface area contributed by atoms with Gasteiger partial charge in [0.2, 0.25) is 5.91 Å². The molecule has 2 aromatic carbocycles. The third-order valence-electron chi connectivity index (χ3n) is 5.48. The molecule has 2 heterocycles. The molecule has 0 N–H and O–H groups in total. The molecule has 0 saturated carbocycles. The van der Waals surface area contributed by atoms with Crippen LogP contribution in [0.15, 0.2) is 66.7 Å². The Hall–Kier alpha value is -3.87. The monoisotopic (exact) mass is 430 g/mol. The van der Waals surface area contributed by atoms with Gasteiger partial charge in [0, 0.05) is 49.4 Å². The summed E-state index contributed by atoms with van der Waals surface area (Å²) in [6.07, 6.45) is 3.37. The van der Waals surface area contributed by atoms with Crippen molar-refractivity contribution in [3.05, 3.63) is 72.3 Å². The molecule has 7 heteroatoms. The molecule has 164 valence electrons. The van der Waals surface area contributed by atoms with Gasteiger partial charge in [0.1, 0.15) is 11.5 Å². The van der Waals surface area contributed by atoms with Crippen LogP contribution in [0.2, 0.25) is 0 Å². The van der Waals surface area contributed by atoms with E-state index in [4.69, 9.17) is 9.47 Å². The summed E-state index contributed by atoms with van der Waals surface area (Å²) in [7, 11) is 3.21. The number of piperazine rings is 1. The van der Waals surface area contributed by atoms with Crippen LogP contribution < -0.4 is 14.4 Å². The van der Waals surface area contributed by atoms with Crippen LogP contribution in [0.4, 0.5) is 5.82 Å². The zero-order chi connectivity index (χ0) is 22.3. The van der Waals surface area contributed by atoms with Crippen LogP contribution in [0.3, 0.4) is 0 Å². The van der Waals surface area contributed by atoms with Gasteiger partial charge >= 0.3 is 0 Å². The molecule has 1 saturated heterocycles. The molecule has 1 aliphatic heterocycles. The molecule has 0 aliphatic carbocycles. The topological polar surface area (TPSA) is 67.8 Å². The first-order valence-electron chi connectivity index (χ1n) is 10.5. The van der Waals surface area contributed by atoms with Gasteiger partial charge in [-0.2, -0.15) is 0 Å². The van der Waals surface area contributed by atoms with Crippen molar-refractivity contribution in [3.8, 4) is 22.8 Å². The predicted octanol–water partition coefficient (Wildman–Crippen LogP) is 3.52. The molecule has 1 fully saturated rings. The van der Waals surface area contributed by atoms with Gasteiger partial charge in [-0.05, 0) is 30.3 Å². The second-order valence-corrected chi connectivity index (χ2v) is 7.40. The number of aromatic nitrogens is 2. The van der Waals surface area contributed by atoms with E-state index in [2.05, 4.69) is 15.1 Å². The Bertz CT molecular complexity index is 1080. The number of rotatable bonds is 6. The first-order chi connectivity index (χ1) is 15.7. The minimum Gasteiger partial charge on any atom is -0.497 e. The molecular formula is C25H26N4O3. The SMILES string of the molecule is COc1ccc(/C=C/C(=O)N2CCN(c3ccc(-c4ccccc4)nn3)CC2)c(OC)c1. The van der Waals surface area contributed by atoms with Crippen LogP contribution in [-0.4, -0.2) is 61.4 Å². The van der Waals surface area contributed by atoms with Crippen molar-refractivity contribution in [2.45, 2.75) is 0 Å². The zero-order valence-electron chi connectivity index (χ0n) is 18.3. The van der Waals surface area contributed by atoms with Gasteiger partial charge in [-0.15, -0.1) is 10.2 Å². The highest BCUT2D eigenvalue weighted by Crippen LogP contribution is 2.25. The second kappa shape index (κ2) is 9.96. The predicted molar refractivity (Wildman–Crippen MR) is 125 cm³/mol. The van der Waals surface area contributed by atoms with E-state index in [9.17, 15) is 4.79 Å². The number of anilines is 1. The minimum absolute atomic E-state index is 0.0203. The average molecular weight is 431 g/mol.